The van der Waals surface area contributed by atoms with Gasteiger partial charge in [0.05, 0.1) is 12.1 Å². The van der Waals surface area contributed by atoms with Gasteiger partial charge in [-0.25, -0.2) is 9.78 Å². The first-order chi connectivity index (χ1) is 16.3. The van der Waals surface area contributed by atoms with Crippen molar-refractivity contribution in [3.05, 3.63) is 83.1 Å². The number of methoxy groups -OCH3 is 1. The van der Waals surface area contributed by atoms with Gasteiger partial charge in [0.2, 0.25) is 0 Å². The maximum absolute atomic E-state index is 12.8. The largest absolute Gasteiger partial charge is 0.503 e. The molecule has 3 aromatic rings. The molecule has 0 fully saturated rings. The smallest absolute Gasteiger partial charge is 0.328 e. The van der Waals surface area contributed by atoms with E-state index in [4.69, 9.17) is 25.8 Å². The summed E-state index contributed by atoms with van der Waals surface area (Å²) < 4.78 is 16.7. The number of para-hydroxylation sites is 1. The average molecular weight is 485 g/mol. The maximum atomic E-state index is 12.8. The van der Waals surface area contributed by atoms with E-state index in [9.17, 15) is 14.7 Å². The minimum Gasteiger partial charge on any atom is -0.503 e. The molecular weight excluding hydrogens is 460 g/mol. The molecule has 1 heterocycles. The van der Waals surface area contributed by atoms with Gasteiger partial charge in [0, 0.05) is 12.3 Å². The number of benzene rings is 2. The Labute approximate surface area is 202 Å². The first-order valence-electron chi connectivity index (χ1n) is 10.5. The topological polar surface area (TPSA) is 107 Å². The molecule has 0 saturated heterocycles. The van der Waals surface area contributed by atoms with Gasteiger partial charge >= 0.3 is 5.97 Å². The number of ether oxygens (including phenoxy) is 3. The molecule has 2 aromatic carbocycles. The summed E-state index contributed by atoms with van der Waals surface area (Å²) in [5, 5.41) is 13.0. The van der Waals surface area contributed by atoms with Crippen LogP contribution in [-0.4, -0.2) is 41.2 Å². The van der Waals surface area contributed by atoms with E-state index in [0.717, 1.165) is 5.56 Å². The van der Waals surface area contributed by atoms with E-state index < -0.39 is 35.9 Å². The Kier molecular flexibility index (Phi) is 8.32. The second-order valence-corrected chi connectivity index (χ2v) is 7.83. The third kappa shape index (κ3) is 5.96. The third-order valence-electron chi connectivity index (χ3n) is 4.97. The minimum atomic E-state index is -1.03. The molecule has 3 rings (SSSR count). The summed E-state index contributed by atoms with van der Waals surface area (Å²) >= 11 is 6.25. The number of nitrogens with zero attached hydrogens (tertiary/aromatic N) is 1. The van der Waals surface area contributed by atoms with E-state index in [2.05, 4.69) is 10.3 Å². The first-order valence-corrected chi connectivity index (χ1v) is 10.9. The number of hydrogen-bond acceptors (Lipinski definition) is 7. The van der Waals surface area contributed by atoms with Gasteiger partial charge in [-0.05, 0) is 31.5 Å². The van der Waals surface area contributed by atoms with E-state index in [1.807, 2.05) is 30.3 Å². The van der Waals surface area contributed by atoms with E-state index in [-0.39, 0.29) is 11.4 Å². The Morgan fingerprint density at radius 3 is 2.35 bits per heavy atom. The van der Waals surface area contributed by atoms with Crippen LogP contribution in [0.15, 0.2) is 66.9 Å². The molecule has 0 radical (unpaired) electrons. The summed E-state index contributed by atoms with van der Waals surface area (Å²) in [4.78, 5) is 29.1. The number of carbonyl (C=O) groups is 2. The Morgan fingerprint density at radius 1 is 1.00 bits per heavy atom. The summed E-state index contributed by atoms with van der Waals surface area (Å²) in [6, 6.07) is 16.7. The molecular formula is C25H25ClN2O6. The van der Waals surface area contributed by atoms with Crippen LogP contribution >= 0.6 is 11.6 Å². The highest BCUT2D eigenvalue weighted by molar-refractivity contribution is 6.32. The van der Waals surface area contributed by atoms with Crippen LogP contribution in [0.25, 0.3) is 0 Å². The van der Waals surface area contributed by atoms with Gasteiger partial charge in [-0.15, -0.1) is 0 Å². The van der Waals surface area contributed by atoms with Crippen molar-refractivity contribution in [2.24, 2.45) is 0 Å². The molecule has 0 aliphatic carbocycles. The van der Waals surface area contributed by atoms with Crippen LogP contribution in [0.5, 0.6) is 17.2 Å². The Hall–Kier alpha value is -3.78. The number of aromatic hydroxyl groups is 1. The van der Waals surface area contributed by atoms with Gasteiger partial charge in [-0.1, -0.05) is 54.1 Å². The van der Waals surface area contributed by atoms with Crippen molar-refractivity contribution in [3.8, 4) is 17.2 Å². The van der Waals surface area contributed by atoms with Crippen LogP contribution in [0.4, 0.5) is 0 Å². The summed E-state index contributed by atoms with van der Waals surface area (Å²) in [7, 11) is 1.35. The second-order valence-electron chi connectivity index (χ2n) is 7.43. The number of rotatable bonds is 9. The minimum absolute atomic E-state index is 0.0893. The maximum Gasteiger partial charge on any atom is 0.328 e. The highest BCUT2D eigenvalue weighted by Crippen LogP contribution is 2.32. The Bertz CT molecular complexity index is 1140. The van der Waals surface area contributed by atoms with Crippen molar-refractivity contribution in [2.45, 2.75) is 32.1 Å². The van der Waals surface area contributed by atoms with E-state index >= 15 is 0 Å². The molecule has 1 amide bonds. The standard InChI is InChI=1S/C25H25ClN2O6/c1-15(28-24(30)21-22(29)20(32-3)13-14-27-21)25(31)33-16(2)23(17-9-5-4-6-10-17)34-19-12-8-7-11-18(19)26/h4-16,23,29H,1-3H3,(H,28,30)/t15-,16-,23-/m0/s1. The van der Waals surface area contributed by atoms with Crippen molar-refractivity contribution >= 4 is 23.5 Å². The fourth-order valence-electron chi connectivity index (χ4n) is 3.19. The summed E-state index contributed by atoms with van der Waals surface area (Å²) in [5.74, 6) is -1.32. The molecule has 9 heteroatoms. The molecule has 0 aliphatic heterocycles. The molecule has 1 aromatic heterocycles. The number of aromatic nitrogens is 1. The molecule has 0 saturated carbocycles. The number of amides is 1. The number of pyridine rings is 1. The number of esters is 1. The molecule has 178 valence electrons. The zero-order valence-corrected chi connectivity index (χ0v) is 19.7. The van der Waals surface area contributed by atoms with Crippen LogP contribution in [0.2, 0.25) is 5.02 Å². The summed E-state index contributed by atoms with van der Waals surface area (Å²) in [6.07, 6.45) is -0.0689. The lowest BCUT2D eigenvalue weighted by Gasteiger charge is -2.27. The van der Waals surface area contributed by atoms with Crippen molar-refractivity contribution in [2.75, 3.05) is 7.11 Å². The van der Waals surface area contributed by atoms with Gasteiger partial charge in [0.15, 0.2) is 23.3 Å². The second kappa shape index (κ2) is 11.4. The molecule has 0 bridgehead atoms. The number of hydrogen-bond donors (Lipinski definition) is 2. The summed E-state index contributed by atoms with van der Waals surface area (Å²) in [5.41, 5.74) is 0.515. The predicted octanol–water partition coefficient (Wildman–Crippen LogP) is 4.32. The van der Waals surface area contributed by atoms with Crippen molar-refractivity contribution in [3.63, 3.8) is 0 Å². The average Bonchev–Trinajstić information content (AvgIpc) is 2.84. The highest BCUT2D eigenvalue weighted by Gasteiger charge is 2.29. The van der Waals surface area contributed by atoms with Gasteiger partial charge in [-0.3, -0.25) is 4.79 Å². The molecule has 0 spiro atoms. The van der Waals surface area contributed by atoms with Crippen LogP contribution in [0, 0.1) is 0 Å². The molecule has 2 N–H and O–H groups in total. The number of carbonyl (C=O) groups excluding carboxylic acids is 2. The van der Waals surface area contributed by atoms with Crippen LogP contribution in [-0.2, 0) is 9.53 Å². The van der Waals surface area contributed by atoms with E-state index in [1.54, 1.807) is 31.2 Å². The van der Waals surface area contributed by atoms with Crippen molar-refractivity contribution in [1.29, 1.82) is 0 Å². The lowest BCUT2D eigenvalue weighted by atomic mass is 10.0. The Morgan fingerprint density at radius 2 is 1.68 bits per heavy atom. The fourth-order valence-corrected chi connectivity index (χ4v) is 3.37. The molecule has 8 nitrogen and oxygen atoms in total. The normalized spacial score (nSPS) is 13.3. The van der Waals surface area contributed by atoms with Crippen LogP contribution in [0.1, 0.15) is 36.0 Å². The van der Waals surface area contributed by atoms with Gasteiger partial charge in [0.1, 0.15) is 17.9 Å². The molecule has 34 heavy (non-hydrogen) atoms. The lowest BCUT2D eigenvalue weighted by Crippen LogP contribution is -2.42. The van der Waals surface area contributed by atoms with Crippen LogP contribution in [0.3, 0.4) is 0 Å². The van der Waals surface area contributed by atoms with Gasteiger partial charge in [0.25, 0.3) is 5.91 Å². The zero-order chi connectivity index (χ0) is 24.7. The van der Waals surface area contributed by atoms with Crippen LogP contribution < -0.4 is 14.8 Å². The number of halogens is 1. The van der Waals surface area contributed by atoms with Gasteiger partial charge in [-0.2, -0.15) is 0 Å². The SMILES string of the molecule is COc1ccnc(C(=O)N[C@@H](C)C(=O)O[C@@H](C)[C@H](Oc2ccccc2Cl)c2ccccc2)c1O. The fraction of sp³-hybridized carbons (Fsp3) is 0.240. The predicted molar refractivity (Wildman–Crippen MR) is 126 cm³/mol. The van der Waals surface area contributed by atoms with E-state index in [1.165, 1.54) is 26.3 Å². The van der Waals surface area contributed by atoms with Crippen molar-refractivity contribution < 1.29 is 28.9 Å². The van der Waals surface area contributed by atoms with E-state index in [0.29, 0.717) is 10.8 Å². The molecule has 0 unspecified atom stereocenters. The zero-order valence-electron chi connectivity index (χ0n) is 18.9. The Balaban J connectivity index is 1.72. The number of nitrogens with one attached hydrogen (secondary N) is 1. The monoisotopic (exact) mass is 484 g/mol. The quantitative estimate of drug-likeness (QED) is 0.435. The highest BCUT2D eigenvalue weighted by atomic mass is 35.5. The third-order valence-corrected chi connectivity index (χ3v) is 5.28. The van der Waals surface area contributed by atoms with Crippen molar-refractivity contribution in [1.82, 2.24) is 10.3 Å². The lowest BCUT2D eigenvalue weighted by molar-refractivity contribution is -0.154. The first kappa shape index (κ1) is 24.9. The van der Waals surface area contributed by atoms with Gasteiger partial charge < -0.3 is 24.6 Å². The molecule has 3 atom stereocenters. The summed E-state index contributed by atoms with van der Waals surface area (Å²) in [6.45, 7) is 3.16. The molecule has 0 aliphatic rings.